The fraction of sp³-hybridized carbons (Fsp3) is 0.353. The van der Waals surface area contributed by atoms with Crippen LogP contribution >= 0.6 is 15.9 Å². The van der Waals surface area contributed by atoms with Crippen molar-refractivity contribution < 1.29 is 4.74 Å². The monoisotopic (exact) mass is 374 g/mol. The molecule has 120 valence electrons. The second-order valence-corrected chi connectivity index (χ2v) is 7.48. The van der Waals surface area contributed by atoms with Crippen LogP contribution in [-0.4, -0.2) is 27.1 Å². The molecule has 1 aromatic carbocycles. The molecular formula is C17H19BrN4O. The molecule has 0 fully saturated rings. The number of pyridine rings is 1. The highest BCUT2D eigenvalue weighted by Gasteiger charge is 2.17. The number of methoxy groups -OCH3 is 1. The van der Waals surface area contributed by atoms with Gasteiger partial charge in [0.1, 0.15) is 5.52 Å². The number of hydrogen-bond acceptors (Lipinski definition) is 4. The molecule has 0 atom stereocenters. The van der Waals surface area contributed by atoms with Crippen molar-refractivity contribution in [3.05, 3.63) is 34.9 Å². The summed E-state index contributed by atoms with van der Waals surface area (Å²) >= 11 is 3.67. The first-order chi connectivity index (χ1) is 10.9. The molecule has 0 saturated heterocycles. The van der Waals surface area contributed by atoms with Crippen molar-refractivity contribution in [1.29, 1.82) is 0 Å². The second-order valence-electron chi connectivity index (χ2n) is 6.69. The summed E-state index contributed by atoms with van der Waals surface area (Å²) < 4.78 is 7.99. The average molecular weight is 375 g/mol. The van der Waals surface area contributed by atoms with Gasteiger partial charge < -0.3 is 4.74 Å². The van der Waals surface area contributed by atoms with Crippen molar-refractivity contribution in [1.82, 2.24) is 20.0 Å². The fourth-order valence-electron chi connectivity index (χ4n) is 2.45. The summed E-state index contributed by atoms with van der Waals surface area (Å²) in [5, 5.41) is 8.65. The normalized spacial score (nSPS) is 11.9. The molecule has 2 heterocycles. The zero-order valence-corrected chi connectivity index (χ0v) is 15.3. The second kappa shape index (κ2) is 5.92. The van der Waals surface area contributed by atoms with E-state index in [-0.39, 0.29) is 5.41 Å². The van der Waals surface area contributed by atoms with Crippen LogP contribution in [0.2, 0.25) is 0 Å². The van der Waals surface area contributed by atoms with Crippen LogP contribution in [0.15, 0.2) is 34.9 Å². The molecule has 0 unspecified atom stereocenters. The van der Waals surface area contributed by atoms with E-state index in [2.05, 4.69) is 64.1 Å². The number of halogens is 1. The van der Waals surface area contributed by atoms with E-state index in [1.54, 1.807) is 13.3 Å². The molecule has 0 saturated carbocycles. The third kappa shape index (κ3) is 3.22. The van der Waals surface area contributed by atoms with Gasteiger partial charge in [-0.15, -0.1) is 5.10 Å². The van der Waals surface area contributed by atoms with Gasteiger partial charge in [0.05, 0.1) is 17.1 Å². The lowest BCUT2D eigenvalue weighted by Crippen LogP contribution is -2.16. The van der Waals surface area contributed by atoms with Crippen LogP contribution in [0.25, 0.3) is 22.2 Å². The number of ether oxygens (including phenoxy) is 1. The first kappa shape index (κ1) is 15.9. The highest BCUT2D eigenvalue weighted by molar-refractivity contribution is 9.10. The van der Waals surface area contributed by atoms with E-state index >= 15 is 0 Å². The highest BCUT2D eigenvalue weighted by Crippen LogP contribution is 2.34. The Morgan fingerprint density at radius 2 is 1.96 bits per heavy atom. The molecule has 3 rings (SSSR count). The molecule has 0 radical (unpaired) electrons. The lowest BCUT2D eigenvalue weighted by molar-refractivity contribution is 0.327. The van der Waals surface area contributed by atoms with Crippen molar-refractivity contribution in [3.63, 3.8) is 0 Å². The molecule has 0 aliphatic carbocycles. The molecule has 0 amide bonds. The fourth-order valence-corrected chi connectivity index (χ4v) is 3.10. The number of benzene rings is 1. The van der Waals surface area contributed by atoms with Crippen molar-refractivity contribution in [2.45, 2.75) is 27.3 Å². The predicted molar refractivity (Wildman–Crippen MR) is 94.5 cm³/mol. The van der Waals surface area contributed by atoms with E-state index in [0.29, 0.717) is 5.88 Å². The van der Waals surface area contributed by atoms with Gasteiger partial charge in [-0.05, 0) is 39.0 Å². The van der Waals surface area contributed by atoms with Gasteiger partial charge in [-0.3, -0.25) is 0 Å². The average Bonchev–Trinajstić information content (AvgIpc) is 2.90. The first-order valence-electron chi connectivity index (χ1n) is 7.41. The van der Waals surface area contributed by atoms with Gasteiger partial charge in [0.25, 0.3) is 0 Å². The molecule has 0 aliphatic rings. The van der Waals surface area contributed by atoms with Crippen LogP contribution in [0.3, 0.4) is 0 Å². The van der Waals surface area contributed by atoms with Crippen molar-refractivity contribution in [2.75, 3.05) is 7.11 Å². The Labute approximate surface area is 143 Å². The number of nitrogens with zero attached hydrogens (tertiary/aromatic N) is 4. The maximum Gasteiger partial charge on any atom is 0.212 e. The number of hydrogen-bond donors (Lipinski definition) is 0. The molecular weight excluding hydrogens is 356 g/mol. The molecule has 5 nitrogen and oxygen atoms in total. The third-order valence-corrected chi connectivity index (χ3v) is 4.31. The maximum atomic E-state index is 5.11. The van der Waals surface area contributed by atoms with Gasteiger partial charge in [-0.2, -0.15) is 0 Å². The molecule has 6 heteroatoms. The van der Waals surface area contributed by atoms with E-state index in [9.17, 15) is 0 Å². The van der Waals surface area contributed by atoms with Crippen LogP contribution in [0, 0.1) is 5.41 Å². The van der Waals surface area contributed by atoms with Crippen LogP contribution in [0.5, 0.6) is 5.88 Å². The topological polar surface area (TPSA) is 52.8 Å². The lowest BCUT2D eigenvalue weighted by atomic mass is 9.97. The van der Waals surface area contributed by atoms with E-state index in [0.717, 1.165) is 33.2 Å². The van der Waals surface area contributed by atoms with Crippen molar-refractivity contribution in [2.24, 2.45) is 5.41 Å². The minimum atomic E-state index is 0.145. The summed E-state index contributed by atoms with van der Waals surface area (Å²) in [4.78, 5) is 4.26. The van der Waals surface area contributed by atoms with E-state index < -0.39 is 0 Å². The molecule has 0 bridgehead atoms. The number of aromatic nitrogens is 4. The zero-order valence-electron chi connectivity index (χ0n) is 13.7. The lowest BCUT2D eigenvalue weighted by Gasteiger charge is -2.18. The van der Waals surface area contributed by atoms with E-state index in [4.69, 9.17) is 4.74 Å². The van der Waals surface area contributed by atoms with E-state index in [1.807, 2.05) is 16.8 Å². The predicted octanol–water partition coefficient (Wildman–Crippen LogP) is 4.31. The Balaban J connectivity index is 2.05. The van der Waals surface area contributed by atoms with E-state index in [1.165, 1.54) is 0 Å². The Bertz CT molecular complexity index is 834. The summed E-state index contributed by atoms with van der Waals surface area (Å²) in [5.41, 5.74) is 4.08. The Morgan fingerprint density at radius 1 is 1.17 bits per heavy atom. The Hall–Kier alpha value is -1.95. The van der Waals surface area contributed by atoms with Crippen molar-refractivity contribution >= 4 is 27.0 Å². The number of fused-ring (bicyclic) bond motifs is 1. The molecule has 23 heavy (non-hydrogen) atoms. The zero-order chi connectivity index (χ0) is 16.6. The van der Waals surface area contributed by atoms with Gasteiger partial charge in [-0.1, -0.05) is 32.1 Å². The van der Waals surface area contributed by atoms with Gasteiger partial charge in [-0.25, -0.2) is 9.67 Å². The summed E-state index contributed by atoms with van der Waals surface area (Å²) in [6.45, 7) is 7.38. The summed E-state index contributed by atoms with van der Waals surface area (Å²) in [5.74, 6) is 0.599. The largest absolute Gasteiger partial charge is 0.481 e. The van der Waals surface area contributed by atoms with Crippen LogP contribution in [0.4, 0.5) is 0 Å². The van der Waals surface area contributed by atoms with Gasteiger partial charge >= 0.3 is 0 Å². The van der Waals surface area contributed by atoms with Gasteiger partial charge in [0, 0.05) is 24.4 Å². The summed E-state index contributed by atoms with van der Waals surface area (Å²) in [6.07, 6.45) is 1.80. The molecule has 2 aromatic heterocycles. The quantitative estimate of drug-likeness (QED) is 0.685. The smallest absolute Gasteiger partial charge is 0.212 e. The van der Waals surface area contributed by atoms with Crippen LogP contribution in [-0.2, 0) is 6.54 Å². The third-order valence-electron chi connectivity index (χ3n) is 3.51. The molecule has 3 aromatic rings. The Kier molecular flexibility index (Phi) is 4.10. The standard InChI is InChI=1S/C17H19BrN4O/c1-17(2,3)10-22-13-7-6-12(15(18)16(13)20-21-22)11-5-8-14(23-4)19-9-11/h5-9H,10H2,1-4H3. The highest BCUT2D eigenvalue weighted by atomic mass is 79.9. The first-order valence-corrected chi connectivity index (χ1v) is 8.20. The minimum Gasteiger partial charge on any atom is -0.481 e. The SMILES string of the molecule is COc1ccc(-c2ccc3c(nnn3CC(C)(C)C)c2Br)cn1. The van der Waals surface area contributed by atoms with Crippen molar-refractivity contribution in [3.8, 4) is 17.0 Å². The van der Waals surface area contributed by atoms with Gasteiger partial charge in [0.15, 0.2) is 0 Å². The van der Waals surface area contributed by atoms with Gasteiger partial charge in [0.2, 0.25) is 5.88 Å². The van der Waals surface area contributed by atoms with Crippen LogP contribution < -0.4 is 4.74 Å². The molecule has 0 aliphatic heterocycles. The van der Waals surface area contributed by atoms with Crippen LogP contribution in [0.1, 0.15) is 20.8 Å². The maximum absolute atomic E-state index is 5.11. The number of rotatable bonds is 3. The summed E-state index contributed by atoms with van der Waals surface area (Å²) in [7, 11) is 1.61. The summed E-state index contributed by atoms with van der Waals surface area (Å²) in [6, 6.07) is 7.96. The Morgan fingerprint density at radius 3 is 2.57 bits per heavy atom. The minimum absolute atomic E-state index is 0.145. The molecule has 0 spiro atoms. The molecule has 0 N–H and O–H groups in total.